The maximum atomic E-state index is 5.12. The van der Waals surface area contributed by atoms with E-state index in [1.165, 1.54) is 42.2 Å². The fourth-order valence-electron chi connectivity index (χ4n) is 3.77. The van der Waals surface area contributed by atoms with Gasteiger partial charge in [0.15, 0.2) is 0 Å². The molecule has 0 radical (unpaired) electrons. The normalized spacial score (nSPS) is 11.6. The molecule has 5 rings (SSSR count). The van der Waals surface area contributed by atoms with E-state index in [0.29, 0.717) is 0 Å². The van der Waals surface area contributed by atoms with Crippen LogP contribution in [0.2, 0.25) is 0 Å². The lowest BCUT2D eigenvalue weighted by atomic mass is 9.99. The minimum Gasteiger partial charge on any atom is -0.247 e. The lowest BCUT2D eigenvalue weighted by molar-refractivity contribution is 1.38. The van der Waals surface area contributed by atoms with Crippen LogP contribution in [0.5, 0.6) is 0 Å². The summed E-state index contributed by atoms with van der Waals surface area (Å²) < 4.78 is 2.67. The van der Waals surface area contributed by atoms with Gasteiger partial charge in [-0.3, -0.25) is 0 Å². The maximum absolute atomic E-state index is 5.12. The van der Waals surface area contributed by atoms with Crippen LogP contribution < -0.4 is 0 Å². The second-order valence-electron chi connectivity index (χ2n) is 6.60. The highest BCUT2D eigenvalue weighted by atomic mass is 32.1. The maximum Gasteiger partial charge on any atom is 0.0802 e. The molecule has 0 aliphatic carbocycles. The zero-order valence-electron chi connectivity index (χ0n) is 14.2. The van der Waals surface area contributed by atoms with Crippen LogP contribution in [-0.4, -0.2) is 4.98 Å². The van der Waals surface area contributed by atoms with Crippen LogP contribution in [0.3, 0.4) is 0 Å². The fraction of sp³-hybridized carbons (Fsp3) is 0.0870. The molecule has 2 heteroatoms. The highest BCUT2D eigenvalue weighted by molar-refractivity contribution is 7.26. The predicted molar refractivity (Wildman–Crippen MR) is 110 cm³/mol. The summed E-state index contributed by atoms with van der Waals surface area (Å²) in [6.45, 7) is 4.34. The number of thiophene rings is 1. The van der Waals surface area contributed by atoms with E-state index < -0.39 is 0 Å². The van der Waals surface area contributed by atoms with Gasteiger partial charge in [-0.05, 0) is 37.1 Å². The Bertz CT molecular complexity index is 1250. The van der Waals surface area contributed by atoms with Gasteiger partial charge in [-0.2, -0.15) is 0 Å². The quantitative estimate of drug-likeness (QED) is 0.324. The van der Waals surface area contributed by atoms with E-state index in [4.69, 9.17) is 4.98 Å². The van der Waals surface area contributed by atoms with Crippen molar-refractivity contribution in [2.45, 2.75) is 13.8 Å². The molecule has 2 heterocycles. The first kappa shape index (κ1) is 14.6. The standard InChI is InChI=1S/C23H17NS/c1-14-12-15(2)20-18(13-14)24-22(16-8-4-3-5-9-16)21-17-10-6-7-11-19(17)25-23(20)21/h3-13H,1-2H3. The number of hydrogen-bond donors (Lipinski definition) is 0. The molecule has 0 N–H and O–H groups in total. The molecule has 0 atom stereocenters. The van der Waals surface area contributed by atoms with Crippen LogP contribution in [0.4, 0.5) is 0 Å². The van der Waals surface area contributed by atoms with Gasteiger partial charge in [0.2, 0.25) is 0 Å². The van der Waals surface area contributed by atoms with Crippen LogP contribution >= 0.6 is 11.3 Å². The molecule has 0 bridgehead atoms. The van der Waals surface area contributed by atoms with E-state index in [2.05, 4.69) is 80.6 Å². The van der Waals surface area contributed by atoms with Gasteiger partial charge in [0, 0.05) is 31.1 Å². The van der Waals surface area contributed by atoms with Crippen molar-refractivity contribution in [2.75, 3.05) is 0 Å². The number of aromatic nitrogens is 1. The number of rotatable bonds is 1. The number of hydrogen-bond acceptors (Lipinski definition) is 2. The Morgan fingerprint density at radius 1 is 0.800 bits per heavy atom. The molecular weight excluding hydrogens is 322 g/mol. The average Bonchev–Trinajstić information content (AvgIpc) is 3.00. The van der Waals surface area contributed by atoms with E-state index in [9.17, 15) is 0 Å². The molecule has 120 valence electrons. The third kappa shape index (κ3) is 2.18. The molecule has 0 saturated heterocycles. The minimum atomic E-state index is 1.09. The van der Waals surface area contributed by atoms with E-state index in [-0.39, 0.29) is 0 Å². The van der Waals surface area contributed by atoms with Crippen molar-refractivity contribution in [2.24, 2.45) is 0 Å². The molecule has 2 aromatic heterocycles. The second-order valence-corrected chi connectivity index (χ2v) is 7.66. The molecule has 1 nitrogen and oxygen atoms in total. The van der Waals surface area contributed by atoms with Crippen molar-refractivity contribution in [3.8, 4) is 11.3 Å². The van der Waals surface area contributed by atoms with Crippen LogP contribution in [0.15, 0.2) is 66.7 Å². The SMILES string of the molecule is Cc1cc(C)c2c(c1)nc(-c1ccccc1)c1c3ccccc3sc21. The van der Waals surface area contributed by atoms with E-state index in [0.717, 1.165) is 11.2 Å². The Labute approximate surface area is 150 Å². The first-order chi connectivity index (χ1) is 12.2. The Balaban J connectivity index is 2.07. The summed E-state index contributed by atoms with van der Waals surface area (Å²) in [6, 6.07) is 23.7. The first-order valence-electron chi connectivity index (χ1n) is 8.50. The predicted octanol–water partition coefficient (Wildman–Crippen LogP) is 6.89. The van der Waals surface area contributed by atoms with Crippen LogP contribution in [0.25, 0.3) is 42.3 Å². The topological polar surface area (TPSA) is 12.9 Å². The summed E-state index contributed by atoms with van der Waals surface area (Å²) >= 11 is 1.88. The second kappa shape index (κ2) is 5.40. The van der Waals surface area contributed by atoms with Gasteiger partial charge in [-0.25, -0.2) is 4.98 Å². The highest BCUT2D eigenvalue weighted by Crippen LogP contribution is 2.43. The van der Waals surface area contributed by atoms with Crippen molar-refractivity contribution in [3.05, 3.63) is 77.9 Å². The number of benzene rings is 3. The Hall–Kier alpha value is -2.71. The third-order valence-corrected chi connectivity index (χ3v) is 5.99. The molecule has 3 aromatic carbocycles. The highest BCUT2D eigenvalue weighted by Gasteiger charge is 2.17. The van der Waals surface area contributed by atoms with Crippen molar-refractivity contribution >= 4 is 42.4 Å². The third-order valence-electron chi connectivity index (χ3n) is 4.80. The first-order valence-corrected chi connectivity index (χ1v) is 9.31. The van der Waals surface area contributed by atoms with Gasteiger partial charge in [-0.1, -0.05) is 54.6 Å². The van der Waals surface area contributed by atoms with Crippen molar-refractivity contribution in [1.29, 1.82) is 0 Å². The number of aryl methyl sites for hydroxylation is 2. The monoisotopic (exact) mass is 339 g/mol. The molecule has 0 fully saturated rings. The van der Waals surface area contributed by atoms with Gasteiger partial charge < -0.3 is 0 Å². The minimum absolute atomic E-state index is 1.09. The summed E-state index contributed by atoms with van der Waals surface area (Å²) in [6.07, 6.45) is 0. The van der Waals surface area contributed by atoms with Crippen molar-refractivity contribution < 1.29 is 0 Å². The molecular formula is C23H17NS. The summed E-state index contributed by atoms with van der Waals surface area (Å²) in [4.78, 5) is 5.12. The van der Waals surface area contributed by atoms with Crippen LogP contribution in [0.1, 0.15) is 11.1 Å². The number of fused-ring (bicyclic) bond motifs is 5. The lowest BCUT2D eigenvalue weighted by Gasteiger charge is -2.10. The van der Waals surface area contributed by atoms with E-state index >= 15 is 0 Å². The molecule has 0 amide bonds. The van der Waals surface area contributed by atoms with E-state index in [1.807, 2.05) is 11.3 Å². The van der Waals surface area contributed by atoms with Gasteiger partial charge >= 0.3 is 0 Å². The van der Waals surface area contributed by atoms with Gasteiger partial charge in [-0.15, -0.1) is 11.3 Å². The lowest BCUT2D eigenvalue weighted by Crippen LogP contribution is -1.90. The van der Waals surface area contributed by atoms with Crippen molar-refractivity contribution in [1.82, 2.24) is 4.98 Å². The van der Waals surface area contributed by atoms with Crippen molar-refractivity contribution in [3.63, 3.8) is 0 Å². The molecule has 0 aliphatic heterocycles. The molecule has 0 spiro atoms. The molecule has 25 heavy (non-hydrogen) atoms. The van der Waals surface area contributed by atoms with Crippen LogP contribution in [-0.2, 0) is 0 Å². The van der Waals surface area contributed by atoms with Gasteiger partial charge in [0.25, 0.3) is 0 Å². The molecule has 0 unspecified atom stereocenters. The fourth-order valence-corrected chi connectivity index (χ4v) is 5.09. The average molecular weight is 339 g/mol. The molecule has 0 saturated carbocycles. The largest absolute Gasteiger partial charge is 0.247 e. The summed E-state index contributed by atoms with van der Waals surface area (Å²) in [7, 11) is 0. The zero-order chi connectivity index (χ0) is 17.0. The summed E-state index contributed by atoms with van der Waals surface area (Å²) in [5.74, 6) is 0. The molecule has 5 aromatic rings. The van der Waals surface area contributed by atoms with Gasteiger partial charge in [0.1, 0.15) is 0 Å². The Kier molecular flexibility index (Phi) is 3.16. The number of nitrogens with zero attached hydrogens (tertiary/aromatic N) is 1. The zero-order valence-corrected chi connectivity index (χ0v) is 15.0. The smallest absolute Gasteiger partial charge is 0.0802 e. The summed E-state index contributed by atoms with van der Waals surface area (Å²) in [5, 5.41) is 3.88. The summed E-state index contributed by atoms with van der Waals surface area (Å²) in [5.41, 5.74) is 5.92. The number of pyridine rings is 1. The van der Waals surface area contributed by atoms with Gasteiger partial charge in [0.05, 0.1) is 11.2 Å². The van der Waals surface area contributed by atoms with E-state index in [1.54, 1.807) is 0 Å². The Morgan fingerprint density at radius 2 is 1.56 bits per heavy atom. The Morgan fingerprint density at radius 3 is 2.40 bits per heavy atom. The molecule has 0 aliphatic rings. The van der Waals surface area contributed by atoms with Crippen LogP contribution in [0, 0.1) is 13.8 Å².